The number of hydrogen-bond donors (Lipinski definition) is 0. The van der Waals surface area contributed by atoms with Crippen molar-refractivity contribution in [1.29, 1.82) is 10.5 Å². The van der Waals surface area contributed by atoms with E-state index in [0.717, 1.165) is 0 Å². The second-order valence-electron chi connectivity index (χ2n) is 3.93. The number of fused-ring (bicyclic) bond motifs is 1. The van der Waals surface area contributed by atoms with E-state index >= 15 is 0 Å². The molecule has 0 heterocycles. The van der Waals surface area contributed by atoms with Gasteiger partial charge in [0.15, 0.2) is 5.78 Å². The lowest BCUT2D eigenvalue weighted by Gasteiger charge is -2.10. The van der Waals surface area contributed by atoms with E-state index in [-0.39, 0.29) is 17.8 Å². The summed E-state index contributed by atoms with van der Waals surface area (Å²) in [6.07, 6.45) is 0.0370. The first kappa shape index (κ1) is 12.7. The molecule has 1 aromatic rings. The molecular formula is C14H10N2O3. The molecule has 1 aliphatic carbocycles. The maximum absolute atomic E-state index is 12.0. The highest BCUT2D eigenvalue weighted by Gasteiger charge is 2.31. The third kappa shape index (κ3) is 1.92. The van der Waals surface area contributed by atoms with Gasteiger partial charge in [0.2, 0.25) is 0 Å². The van der Waals surface area contributed by atoms with Crippen molar-refractivity contribution in [2.24, 2.45) is 0 Å². The fraction of sp³-hybridized carbons (Fsp3) is 0.214. The van der Waals surface area contributed by atoms with Crippen LogP contribution in [-0.2, 0) is 0 Å². The summed E-state index contributed by atoms with van der Waals surface area (Å²) in [4.78, 5) is 12.0. The first-order valence-electron chi connectivity index (χ1n) is 5.49. The predicted molar refractivity (Wildman–Crippen MR) is 66.6 cm³/mol. The summed E-state index contributed by atoms with van der Waals surface area (Å²) in [7, 11) is 2.96. The van der Waals surface area contributed by atoms with Crippen LogP contribution in [0.2, 0.25) is 0 Å². The quantitative estimate of drug-likeness (QED) is 0.754. The van der Waals surface area contributed by atoms with Crippen molar-refractivity contribution in [3.63, 3.8) is 0 Å². The van der Waals surface area contributed by atoms with Gasteiger partial charge in [0, 0.05) is 23.6 Å². The minimum Gasteiger partial charge on any atom is -0.497 e. The number of ether oxygens (including phenoxy) is 2. The van der Waals surface area contributed by atoms with E-state index in [2.05, 4.69) is 0 Å². The molecule has 0 aliphatic heterocycles. The van der Waals surface area contributed by atoms with Crippen LogP contribution in [0.5, 0.6) is 11.5 Å². The Morgan fingerprint density at radius 3 is 2.42 bits per heavy atom. The Morgan fingerprint density at radius 2 is 1.89 bits per heavy atom. The Kier molecular flexibility index (Phi) is 3.22. The average Bonchev–Trinajstić information content (AvgIpc) is 2.77. The number of rotatable bonds is 2. The van der Waals surface area contributed by atoms with Crippen LogP contribution in [0.3, 0.4) is 0 Å². The fourth-order valence-corrected chi connectivity index (χ4v) is 2.12. The summed E-state index contributed by atoms with van der Waals surface area (Å²) in [5.74, 6) is 0.782. The van der Waals surface area contributed by atoms with E-state index in [1.54, 1.807) is 12.1 Å². The number of benzene rings is 1. The molecule has 5 nitrogen and oxygen atoms in total. The number of nitriles is 2. The van der Waals surface area contributed by atoms with E-state index in [1.165, 1.54) is 14.2 Å². The maximum Gasteiger partial charge on any atom is 0.168 e. The van der Waals surface area contributed by atoms with E-state index in [0.29, 0.717) is 28.2 Å². The molecule has 0 saturated heterocycles. The van der Waals surface area contributed by atoms with Gasteiger partial charge in [-0.05, 0) is 11.6 Å². The van der Waals surface area contributed by atoms with Crippen LogP contribution in [0.4, 0.5) is 0 Å². The molecule has 2 rings (SSSR count). The highest BCUT2D eigenvalue weighted by atomic mass is 16.5. The number of hydrogen-bond acceptors (Lipinski definition) is 5. The molecule has 0 fully saturated rings. The van der Waals surface area contributed by atoms with E-state index in [4.69, 9.17) is 20.0 Å². The molecule has 94 valence electrons. The van der Waals surface area contributed by atoms with E-state index in [9.17, 15) is 4.79 Å². The van der Waals surface area contributed by atoms with Crippen molar-refractivity contribution in [2.75, 3.05) is 14.2 Å². The number of Topliss-reactive ketones (excluding diaryl/α,β-unsaturated/α-hetero) is 1. The van der Waals surface area contributed by atoms with Gasteiger partial charge in [-0.2, -0.15) is 10.5 Å². The van der Waals surface area contributed by atoms with E-state index in [1.807, 2.05) is 12.1 Å². The van der Waals surface area contributed by atoms with Crippen LogP contribution in [-0.4, -0.2) is 20.0 Å². The van der Waals surface area contributed by atoms with Crippen molar-refractivity contribution < 1.29 is 14.3 Å². The highest BCUT2D eigenvalue weighted by molar-refractivity contribution is 6.14. The fourth-order valence-electron chi connectivity index (χ4n) is 2.12. The number of nitrogens with zero attached hydrogens (tertiary/aromatic N) is 2. The minimum absolute atomic E-state index is 0.0370. The van der Waals surface area contributed by atoms with Crippen LogP contribution in [0, 0.1) is 22.7 Å². The number of carbonyl (C=O) groups excluding carboxylic acids is 1. The molecule has 0 aromatic heterocycles. The molecule has 0 radical (unpaired) electrons. The van der Waals surface area contributed by atoms with Crippen LogP contribution in [0.1, 0.15) is 22.3 Å². The predicted octanol–water partition coefficient (Wildman–Crippen LogP) is 2.09. The van der Waals surface area contributed by atoms with E-state index < -0.39 is 0 Å². The Labute approximate surface area is 110 Å². The van der Waals surface area contributed by atoms with Crippen molar-refractivity contribution in [2.45, 2.75) is 6.42 Å². The summed E-state index contributed by atoms with van der Waals surface area (Å²) in [5, 5.41) is 17.9. The van der Waals surface area contributed by atoms with Gasteiger partial charge in [0.05, 0.1) is 14.2 Å². The van der Waals surface area contributed by atoms with Gasteiger partial charge in [-0.25, -0.2) is 0 Å². The molecule has 0 amide bonds. The second kappa shape index (κ2) is 4.83. The van der Waals surface area contributed by atoms with Gasteiger partial charge >= 0.3 is 0 Å². The molecule has 5 heteroatoms. The first-order chi connectivity index (χ1) is 9.15. The van der Waals surface area contributed by atoms with Crippen molar-refractivity contribution in [3.05, 3.63) is 28.8 Å². The van der Waals surface area contributed by atoms with Gasteiger partial charge in [0.1, 0.15) is 29.2 Å². The smallest absolute Gasteiger partial charge is 0.168 e. The topological polar surface area (TPSA) is 83.1 Å². The largest absolute Gasteiger partial charge is 0.497 e. The summed E-state index contributed by atoms with van der Waals surface area (Å²) >= 11 is 0. The molecule has 19 heavy (non-hydrogen) atoms. The summed E-state index contributed by atoms with van der Waals surface area (Å²) in [5.41, 5.74) is 1.31. The first-order valence-corrected chi connectivity index (χ1v) is 5.49. The van der Waals surface area contributed by atoms with Crippen molar-refractivity contribution in [1.82, 2.24) is 0 Å². The minimum atomic E-state index is -0.148. The van der Waals surface area contributed by atoms with Gasteiger partial charge in [-0.3, -0.25) is 4.79 Å². The van der Waals surface area contributed by atoms with Crippen molar-refractivity contribution >= 4 is 11.4 Å². The third-order valence-electron chi connectivity index (χ3n) is 3.00. The van der Waals surface area contributed by atoms with Crippen LogP contribution >= 0.6 is 0 Å². The van der Waals surface area contributed by atoms with Crippen molar-refractivity contribution in [3.8, 4) is 23.6 Å². The Balaban J connectivity index is 2.79. The standard InChI is InChI=1S/C14H10N2O3/c1-18-9-3-11-12(17)5-10(8(6-15)7-16)14(11)13(4-9)19-2/h3-4H,5H2,1-2H3. The van der Waals surface area contributed by atoms with Gasteiger partial charge < -0.3 is 9.47 Å². The molecule has 1 aromatic carbocycles. The number of methoxy groups -OCH3 is 2. The lowest BCUT2D eigenvalue weighted by atomic mass is 10.0. The third-order valence-corrected chi connectivity index (χ3v) is 3.00. The Morgan fingerprint density at radius 1 is 1.21 bits per heavy atom. The maximum atomic E-state index is 12.0. The van der Waals surface area contributed by atoms with Crippen LogP contribution in [0.15, 0.2) is 17.7 Å². The zero-order valence-electron chi connectivity index (χ0n) is 10.5. The average molecular weight is 254 g/mol. The number of carbonyl (C=O) groups is 1. The summed E-state index contributed by atoms with van der Waals surface area (Å²) in [6.45, 7) is 0. The van der Waals surface area contributed by atoms with Gasteiger partial charge in [-0.15, -0.1) is 0 Å². The van der Waals surface area contributed by atoms with Gasteiger partial charge in [-0.1, -0.05) is 0 Å². The zero-order chi connectivity index (χ0) is 14.0. The van der Waals surface area contributed by atoms with Crippen LogP contribution < -0.4 is 9.47 Å². The highest BCUT2D eigenvalue weighted by Crippen LogP contribution is 2.42. The monoisotopic (exact) mass is 254 g/mol. The lowest BCUT2D eigenvalue weighted by Crippen LogP contribution is -1.96. The molecule has 0 spiro atoms. The lowest BCUT2D eigenvalue weighted by molar-refractivity contribution is 0.100. The number of ketones is 1. The molecule has 1 aliphatic rings. The molecular weight excluding hydrogens is 244 g/mol. The summed E-state index contributed by atoms with van der Waals surface area (Å²) < 4.78 is 10.3. The molecule has 0 saturated carbocycles. The Bertz CT molecular complexity index is 659. The Hall–Kier alpha value is -2.79. The zero-order valence-corrected chi connectivity index (χ0v) is 10.5. The molecule has 0 unspecified atom stereocenters. The van der Waals surface area contributed by atoms with Crippen LogP contribution in [0.25, 0.3) is 5.57 Å². The molecule has 0 atom stereocenters. The summed E-state index contributed by atoms with van der Waals surface area (Å²) in [6, 6.07) is 6.85. The molecule has 0 bridgehead atoms. The molecule has 0 N–H and O–H groups in total. The normalized spacial score (nSPS) is 12.4. The second-order valence-corrected chi connectivity index (χ2v) is 3.93. The number of allylic oxidation sites excluding steroid dienone is 2. The SMILES string of the molecule is COc1cc(OC)c2c(c1)C(=O)CC2=C(C#N)C#N. The van der Waals surface area contributed by atoms with Gasteiger partial charge in [0.25, 0.3) is 0 Å².